The van der Waals surface area contributed by atoms with Gasteiger partial charge in [0, 0.05) is 15.2 Å². The van der Waals surface area contributed by atoms with Gasteiger partial charge in [-0.05, 0) is 18.9 Å². The topological polar surface area (TPSA) is 17.1 Å². The molecule has 0 radical (unpaired) electrons. The van der Waals surface area contributed by atoms with Crippen molar-refractivity contribution in [1.29, 1.82) is 0 Å². The Morgan fingerprint density at radius 3 is 2.47 bits per heavy atom. The second-order valence-corrected chi connectivity index (χ2v) is 6.13. The highest BCUT2D eigenvalue weighted by atomic mass is 79.9. The molecule has 1 fully saturated rings. The van der Waals surface area contributed by atoms with Gasteiger partial charge in [0.15, 0.2) is 5.78 Å². The van der Waals surface area contributed by atoms with Gasteiger partial charge < -0.3 is 0 Å². The molecule has 0 amide bonds. The summed E-state index contributed by atoms with van der Waals surface area (Å²) in [6.07, 6.45) is 4.33. The van der Waals surface area contributed by atoms with Crippen molar-refractivity contribution in [2.75, 3.05) is 0 Å². The molecule has 0 aliphatic heterocycles. The molecule has 0 bridgehead atoms. The van der Waals surface area contributed by atoms with E-state index in [-0.39, 0.29) is 10.9 Å². The van der Waals surface area contributed by atoms with E-state index in [1.807, 2.05) is 24.3 Å². The van der Waals surface area contributed by atoms with Crippen LogP contribution in [0.25, 0.3) is 0 Å². The van der Waals surface area contributed by atoms with Crippen molar-refractivity contribution >= 4 is 31.0 Å². The van der Waals surface area contributed by atoms with Crippen LogP contribution in [0.15, 0.2) is 28.7 Å². The SMILES string of the molecule is O=C(c1ccccc1Br)C1(P)CCCC1. The molecular weight excluding hydrogens is 271 g/mol. The lowest BCUT2D eigenvalue weighted by Gasteiger charge is -2.22. The van der Waals surface area contributed by atoms with Crippen LogP contribution in [0, 0.1) is 0 Å². The minimum absolute atomic E-state index is 0.204. The van der Waals surface area contributed by atoms with Crippen molar-refractivity contribution in [3.8, 4) is 0 Å². The molecule has 80 valence electrons. The molecular formula is C12H14BrOP. The van der Waals surface area contributed by atoms with Gasteiger partial charge in [-0.3, -0.25) is 4.79 Å². The molecule has 1 aliphatic carbocycles. The van der Waals surface area contributed by atoms with Crippen LogP contribution in [0.3, 0.4) is 0 Å². The lowest BCUT2D eigenvalue weighted by Crippen LogP contribution is -2.28. The van der Waals surface area contributed by atoms with Gasteiger partial charge in [0.25, 0.3) is 0 Å². The van der Waals surface area contributed by atoms with Crippen LogP contribution < -0.4 is 0 Å². The van der Waals surface area contributed by atoms with Gasteiger partial charge in [-0.25, -0.2) is 0 Å². The first-order chi connectivity index (χ1) is 7.13. The number of hydrogen-bond donors (Lipinski definition) is 0. The summed E-state index contributed by atoms with van der Waals surface area (Å²) < 4.78 is 0.906. The highest BCUT2D eigenvalue weighted by Crippen LogP contribution is 2.41. The van der Waals surface area contributed by atoms with E-state index in [2.05, 4.69) is 25.2 Å². The number of carbonyl (C=O) groups is 1. The van der Waals surface area contributed by atoms with E-state index in [1.165, 1.54) is 12.8 Å². The summed E-state index contributed by atoms with van der Waals surface area (Å²) in [6, 6.07) is 7.68. The Morgan fingerprint density at radius 1 is 1.27 bits per heavy atom. The van der Waals surface area contributed by atoms with E-state index in [4.69, 9.17) is 0 Å². The number of hydrogen-bond acceptors (Lipinski definition) is 1. The smallest absolute Gasteiger partial charge is 0.173 e. The van der Waals surface area contributed by atoms with Gasteiger partial charge in [0.2, 0.25) is 0 Å². The van der Waals surface area contributed by atoms with Crippen molar-refractivity contribution < 1.29 is 4.79 Å². The molecule has 2 rings (SSSR count). The predicted octanol–water partition coefficient (Wildman–Crippen LogP) is 3.82. The fourth-order valence-corrected chi connectivity index (χ4v) is 3.18. The molecule has 0 N–H and O–H groups in total. The number of halogens is 1. The molecule has 0 saturated heterocycles. The molecule has 0 spiro atoms. The summed E-state index contributed by atoms with van der Waals surface area (Å²) in [5.41, 5.74) is 0.814. The molecule has 1 atom stereocenters. The fourth-order valence-electron chi connectivity index (χ4n) is 2.15. The number of ketones is 1. The summed E-state index contributed by atoms with van der Waals surface area (Å²) in [4.78, 5) is 12.3. The Hall–Kier alpha value is -0.200. The van der Waals surface area contributed by atoms with E-state index in [1.54, 1.807) is 0 Å². The molecule has 1 aliphatic rings. The van der Waals surface area contributed by atoms with Crippen molar-refractivity contribution in [2.24, 2.45) is 0 Å². The number of carbonyl (C=O) groups excluding carboxylic acids is 1. The zero-order chi connectivity index (χ0) is 10.9. The van der Waals surface area contributed by atoms with Gasteiger partial charge in [-0.2, -0.15) is 0 Å². The zero-order valence-electron chi connectivity index (χ0n) is 8.50. The van der Waals surface area contributed by atoms with Crippen molar-refractivity contribution in [1.82, 2.24) is 0 Å². The van der Waals surface area contributed by atoms with Crippen LogP contribution >= 0.6 is 25.2 Å². The van der Waals surface area contributed by atoms with E-state index in [9.17, 15) is 4.79 Å². The molecule has 1 saturated carbocycles. The second kappa shape index (κ2) is 4.35. The molecule has 1 unspecified atom stereocenters. The van der Waals surface area contributed by atoms with E-state index >= 15 is 0 Å². The Morgan fingerprint density at radius 2 is 1.87 bits per heavy atom. The van der Waals surface area contributed by atoms with Crippen LogP contribution in [0.5, 0.6) is 0 Å². The third-order valence-electron chi connectivity index (χ3n) is 3.07. The predicted molar refractivity (Wildman–Crippen MR) is 69.4 cm³/mol. The Labute approximate surface area is 101 Å². The average molecular weight is 285 g/mol. The van der Waals surface area contributed by atoms with Crippen molar-refractivity contribution in [2.45, 2.75) is 30.8 Å². The first-order valence-electron chi connectivity index (χ1n) is 5.22. The summed E-state index contributed by atoms with van der Waals surface area (Å²) in [7, 11) is 2.77. The average Bonchev–Trinajstić information content (AvgIpc) is 2.66. The van der Waals surface area contributed by atoms with Crippen molar-refractivity contribution in [3.63, 3.8) is 0 Å². The molecule has 1 nitrogen and oxygen atoms in total. The van der Waals surface area contributed by atoms with Crippen LogP contribution in [0.1, 0.15) is 36.0 Å². The van der Waals surface area contributed by atoms with Crippen LogP contribution in [0.2, 0.25) is 0 Å². The molecule has 3 heteroatoms. The quantitative estimate of drug-likeness (QED) is 0.596. The molecule has 0 aromatic heterocycles. The van der Waals surface area contributed by atoms with Crippen LogP contribution in [-0.2, 0) is 0 Å². The first-order valence-corrected chi connectivity index (χ1v) is 6.59. The number of Topliss-reactive ketones (excluding diaryl/α,β-unsaturated/α-hetero) is 1. The molecule has 15 heavy (non-hydrogen) atoms. The van der Waals surface area contributed by atoms with E-state index in [0.29, 0.717) is 0 Å². The van der Waals surface area contributed by atoms with Crippen LogP contribution in [0.4, 0.5) is 0 Å². The third kappa shape index (κ3) is 2.16. The summed E-state index contributed by atoms with van der Waals surface area (Å²) >= 11 is 3.44. The van der Waals surface area contributed by atoms with Gasteiger partial charge in [-0.15, -0.1) is 9.24 Å². The van der Waals surface area contributed by atoms with E-state index < -0.39 is 0 Å². The first kappa shape index (κ1) is 11.3. The molecule has 1 aromatic carbocycles. The normalized spacial score (nSPS) is 19.1. The Bertz CT molecular complexity index is 383. The Kier molecular flexibility index (Phi) is 3.27. The molecule has 0 heterocycles. The maximum absolute atomic E-state index is 12.3. The van der Waals surface area contributed by atoms with Gasteiger partial charge >= 0.3 is 0 Å². The van der Waals surface area contributed by atoms with Gasteiger partial charge in [0.1, 0.15) is 0 Å². The monoisotopic (exact) mass is 284 g/mol. The second-order valence-electron chi connectivity index (χ2n) is 4.17. The highest BCUT2D eigenvalue weighted by molar-refractivity contribution is 9.10. The van der Waals surface area contributed by atoms with Gasteiger partial charge in [0.05, 0.1) is 0 Å². The zero-order valence-corrected chi connectivity index (χ0v) is 11.2. The number of benzene rings is 1. The summed E-state index contributed by atoms with van der Waals surface area (Å²) in [6.45, 7) is 0. The van der Waals surface area contributed by atoms with Crippen molar-refractivity contribution in [3.05, 3.63) is 34.3 Å². The maximum Gasteiger partial charge on any atom is 0.173 e. The molecule has 1 aromatic rings. The largest absolute Gasteiger partial charge is 0.293 e. The van der Waals surface area contributed by atoms with Crippen LogP contribution in [-0.4, -0.2) is 10.9 Å². The number of rotatable bonds is 2. The third-order valence-corrected chi connectivity index (χ3v) is 4.60. The minimum Gasteiger partial charge on any atom is -0.293 e. The lowest BCUT2D eigenvalue weighted by molar-refractivity contribution is 0.0943. The highest BCUT2D eigenvalue weighted by Gasteiger charge is 2.37. The minimum atomic E-state index is -0.204. The standard InChI is InChI=1S/C12H14BrOP/c13-10-6-2-1-5-9(10)11(14)12(15)7-3-4-8-12/h1-2,5-6H,3-4,7-8,15H2. The maximum atomic E-state index is 12.3. The summed E-state index contributed by atoms with van der Waals surface area (Å²) in [5.74, 6) is 0.262. The summed E-state index contributed by atoms with van der Waals surface area (Å²) in [5, 5.41) is -0.204. The lowest BCUT2D eigenvalue weighted by atomic mass is 9.95. The fraction of sp³-hybridized carbons (Fsp3) is 0.417. The van der Waals surface area contributed by atoms with E-state index in [0.717, 1.165) is 22.9 Å². The van der Waals surface area contributed by atoms with Gasteiger partial charge in [-0.1, -0.05) is 47.0 Å². The Balaban J connectivity index is 2.32.